The summed E-state index contributed by atoms with van der Waals surface area (Å²) in [6.07, 6.45) is 6.49. The number of carbonyl (C=O) groups excluding carboxylic acids is 1. The molecule has 3 aliphatic rings. The Balaban J connectivity index is 1.27. The molecule has 4 heterocycles. The van der Waals surface area contributed by atoms with Crippen LogP contribution >= 0.6 is 0 Å². The lowest BCUT2D eigenvalue weighted by Crippen LogP contribution is -2.40. The lowest BCUT2D eigenvalue weighted by molar-refractivity contribution is 0.0302. The number of hydrogen-bond donors (Lipinski definition) is 0. The zero-order chi connectivity index (χ0) is 21.2. The number of pyridine rings is 1. The number of anilines is 1. The van der Waals surface area contributed by atoms with Gasteiger partial charge in [-0.2, -0.15) is 0 Å². The highest BCUT2D eigenvalue weighted by molar-refractivity contribution is 5.94. The fourth-order valence-corrected chi connectivity index (χ4v) is 5.20. The number of hydrogen-bond acceptors (Lipinski definition) is 5. The molecule has 2 aromatic rings. The number of carbonyl (C=O) groups is 1. The third-order valence-electron chi connectivity index (χ3n) is 6.92. The largest absolute Gasteiger partial charge is 0.378 e. The Morgan fingerprint density at radius 2 is 1.97 bits per heavy atom. The number of amides is 1. The number of benzene rings is 1. The van der Waals surface area contributed by atoms with Crippen LogP contribution in [0.3, 0.4) is 0 Å². The lowest BCUT2D eigenvalue weighted by atomic mass is 9.99. The monoisotopic (exact) mass is 420 g/mol. The quantitative estimate of drug-likeness (QED) is 0.760. The predicted molar refractivity (Wildman–Crippen MR) is 121 cm³/mol. The van der Waals surface area contributed by atoms with Crippen molar-refractivity contribution in [2.75, 3.05) is 51.3 Å². The lowest BCUT2D eigenvalue weighted by Gasteiger charge is -2.29. The molecule has 6 heteroatoms. The molecule has 2 fully saturated rings. The fraction of sp³-hybridized carbons (Fsp3) is 0.520. The number of morpholine rings is 1. The molecule has 1 unspecified atom stereocenters. The standard InChI is InChI=1S/C25H32N4O2/c1-27-10-2-4-20-16-19(6-9-23(20)27)18-29-11-3-5-24(29)22-8-7-21(17-26-22)25(30)28-12-14-31-15-13-28/h6-9,16-17,24H,2-5,10-15,18H2,1H3. The molecule has 0 saturated carbocycles. The molecule has 0 radical (unpaired) electrons. The van der Waals surface area contributed by atoms with Gasteiger partial charge in [0.25, 0.3) is 5.91 Å². The van der Waals surface area contributed by atoms with Crippen molar-refractivity contribution in [3.05, 3.63) is 58.9 Å². The molecule has 0 bridgehead atoms. The van der Waals surface area contributed by atoms with Crippen LogP contribution in [0.5, 0.6) is 0 Å². The van der Waals surface area contributed by atoms with Crippen molar-refractivity contribution in [2.24, 2.45) is 0 Å². The van der Waals surface area contributed by atoms with Crippen molar-refractivity contribution in [3.8, 4) is 0 Å². The average molecular weight is 421 g/mol. The Labute approximate surface area is 184 Å². The SMILES string of the molecule is CN1CCCc2cc(CN3CCCC3c3ccc(C(=O)N4CCOCC4)cn3)ccc21. The van der Waals surface area contributed by atoms with E-state index in [-0.39, 0.29) is 5.91 Å². The third-order valence-corrected chi connectivity index (χ3v) is 6.92. The van der Waals surface area contributed by atoms with Crippen LogP contribution in [0.25, 0.3) is 0 Å². The number of fused-ring (bicyclic) bond motifs is 1. The molecule has 1 aromatic carbocycles. The Morgan fingerprint density at radius 3 is 2.77 bits per heavy atom. The van der Waals surface area contributed by atoms with Gasteiger partial charge in [-0.05, 0) is 61.6 Å². The number of likely N-dealkylation sites (tertiary alicyclic amines) is 1. The predicted octanol–water partition coefficient (Wildman–Crippen LogP) is 3.27. The van der Waals surface area contributed by atoms with Gasteiger partial charge in [0.1, 0.15) is 0 Å². The number of ether oxygens (including phenoxy) is 1. The molecule has 0 aliphatic carbocycles. The smallest absolute Gasteiger partial charge is 0.255 e. The minimum atomic E-state index is 0.0599. The van der Waals surface area contributed by atoms with Crippen molar-refractivity contribution in [3.63, 3.8) is 0 Å². The van der Waals surface area contributed by atoms with Gasteiger partial charge in [-0.1, -0.05) is 12.1 Å². The molecule has 3 aliphatic heterocycles. The van der Waals surface area contributed by atoms with E-state index in [1.54, 1.807) is 6.20 Å². The van der Waals surface area contributed by atoms with Gasteiger partial charge in [-0.3, -0.25) is 14.7 Å². The second kappa shape index (κ2) is 8.97. The van der Waals surface area contributed by atoms with E-state index in [2.05, 4.69) is 41.1 Å². The van der Waals surface area contributed by atoms with Crippen molar-refractivity contribution in [1.29, 1.82) is 0 Å². The molecule has 5 rings (SSSR count). The minimum absolute atomic E-state index is 0.0599. The Morgan fingerprint density at radius 1 is 1.10 bits per heavy atom. The molecular weight excluding hydrogens is 388 g/mol. The van der Waals surface area contributed by atoms with Crippen molar-refractivity contribution < 1.29 is 9.53 Å². The molecule has 1 atom stereocenters. The third kappa shape index (κ3) is 4.32. The normalized spacial score (nSPS) is 21.9. The van der Waals surface area contributed by atoms with Crippen LogP contribution in [0.4, 0.5) is 5.69 Å². The van der Waals surface area contributed by atoms with Crippen LogP contribution in [0.2, 0.25) is 0 Å². The molecule has 1 aromatic heterocycles. The summed E-state index contributed by atoms with van der Waals surface area (Å²) >= 11 is 0. The van der Waals surface area contributed by atoms with E-state index in [1.165, 1.54) is 36.1 Å². The van der Waals surface area contributed by atoms with Gasteiger partial charge in [0.2, 0.25) is 0 Å². The summed E-state index contributed by atoms with van der Waals surface area (Å²) in [6.45, 7) is 5.76. The summed E-state index contributed by atoms with van der Waals surface area (Å²) in [5.74, 6) is 0.0599. The van der Waals surface area contributed by atoms with Crippen LogP contribution in [0.15, 0.2) is 36.5 Å². The van der Waals surface area contributed by atoms with Crippen LogP contribution < -0.4 is 4.90 Å². The summed E-state index contributed by atoms with van der Waals surface area (Å²) in [5.41, 5.74) is 6.00. The average Bonchev–Trinajstić information content (AvgIpc) is 3.27. The highest BCUT2D eigenvalue weighted by Crippen LogP contribution is 2.33. The first-order valence-corrected chi connectivity index (χ1v) is 11.6. The van der Waals surface area contributed by atoms with E-state index in [0.29, 0.717) is 37.9 Å². The summed E-state index contributed by atoms with van der Waals surface area (Å²) in [4.78, 5) is 24.2. The van der Waals surface area contributed by atoms with E-state index in [0.717, 1.165) is 31.7 Å². The number of nitrogens with zero attached hydrogens (tertiary/aromatic N) is 4. The van der Waals surface area contributed by atoms with E-state index < -0.39 is 0 Å². The first kappa shape index (κ1) is 20.5. The second-order valence-corrected chi connectivity index (χ2v) is 8.99. The highest BCUT2D eigenvalue weighted by atomic mass is 16.5. The second-order valence-electron chi connectivity index (χ2n) is 8.99. The van der Waals surface area contributed by atoms with Crippen LogP contribution in [0, 0.1) is 0 Å². The number of rotatable bonds is 4. The van der Waals surface area contributed by atoms with Crippen molar-refractivity contribution >= 4 is 11.6 Å². The zero-order valence-electron chi connectivity index (χ0n) is 18.4. The van der Waals surface area contributed by atoms with E-state index in [4.69, 9.17) is 9.72 Å². The van der Waals surface area contributed by atoms with Gasteiger partial charge < -0.3 is 14.5 Å². The Kier molecular flexibility index (Phi) is 5.92. The number of aromatic nitrogens is 1. The van der Waals surface area contributed by atoms with Gasteiger partial charge >= 0.3 is 0 Å². The highest BCUT2D eigenvalue weighted by Gasteiger charge is 2.28. The van der Waals surface area contributed by atoms with Crippen molar-refractivity contribution in [1.82, 2.24) is 14.8 Å². The molecule has 2 saturated heterocycles. The van der Waals surface area contributed by atoms with Gasteiger partial charge in [0.05, 0.1) is 30.5 Å². The van der Waals surface area contributed by atoms with Gasteiger partial charge in [-0.15, -0.1) is 0 Å². The first-order valence-electron chi connectivity index (χ1n) is 11.6. The van der Waals surface area contributed by atoms with Gasteiger partial charge in [-0.25, -0.2) is 0 Å². The topological polar surface area (TPSA) is 48.9 Å². The van der Waals surface area contributed by atoms with E-state index in [1.807, 2.05) is 11.0 Å². The molecule has 0 spiro atoms. The molecule has 0 N–H and O–H groups in total. The maximum absolute atomic E-state index is 12.7. The van der Waals surface area contributed by atoms with Crippen LogP contribution in [0.1, 0.15) is 52.5 Å². The molecular formula is C25H32N4O2. The minimum Gasteiger partial charge on any atom is -0.378 e. The van der Waals surface area contributed by atoms with Gasteiger partial charge in [0, 0.05) is 45.1 Å². The fourth-order valence-electron chi connectivity index (χ4n) is 5.20. The molecule has 164 valence electrons. The van der Waals surface area contributed by atoms with Crippen molar-refractivity contribution in [2.45, 2.75) is 38.3 Å². The van der Waals surface area contributed by atoms with Gasteiger partial charge in [0.15, 0.2) is 0 Å². The first-order chi connectivity index (χ1) is 15.2. The van der Waals surface area contributed by atoms with E-state index in [9.17, 15) is 4.79 Å². The summed E-state index contributed by atoms with van der Waals surface area (Å²) in [7, 11) is 2.19. The number of aryl methyl sites for hydroxylation is 1. The van der Waals surface area contributed by atoms with Crippen LogP contribution in [-0.2, 0) is 17.7 Å². The van der Waals surface area contributed by atoms with E-state index >= 15 is 0 Å². The summed E-state index contributed by atoms with van der Waals surface area (Å²) < 4.78 is 5.35. The Bertz CT molecular complexity index is 924. The summed E-state index contributed by atoms with van der Waals surface area (Å²) in [6, 6.07) is 11.3. The molecule has 6 nitrogen and oxygen atoms in total. The maximum Gasteiger partial charge on any atom is 0.255 e. The summed E-state index contributed by atoms with van der Waals surface area (Å²) in [5, 5.41) is 0. The van der Waals surface area contributed by atoms with Crippen LogP contribution in [-0.4, -0.2) is 67.1 Å². The molecule has 31 heavy (non-hydrogen) atoms. The maximum atomic E-state index is 12.7. The zero-order valence-corrected chi connectivity index (χ0v) is 18.4. The Hall–Kier alpha value is -2.44. The molecule has 1 amide bonds.